The van der Waals surface area contributed by atoms with Crippen molar-refractivity contribution in [3.63, 3.8) is 0 Å². The van der Waals surface area contributed by atoms with Crippen LogP contribution in [-0.2, 0) is 42.7 Å². The molecule has 1 saturated heterocycles. The average molecular weight is 436 g/mol. The van der Waals surface area contributed by atoms with E-state index in [1.54, 1.807) is 0 Å². The molecule has 4 unspecified atom stereocenters. The number of nitrogens with zero attached hydrogens (tertiary/aromatic N) is 3. The zero-order valence-electron chi connectivity index (χ0n) is 11.6. The molecule has 4 atom stereocenters. The fourth-order valence-electron chi connectivity index (χ4n) is 2.16. The van der Waals surface area contributed by atoms with Crippen LogP contribution in [0, 0.1) is 23.0 Å². The smallest absolute Gasteiger partial charge is 0.289 e. The largest absolute Gasteiger partial charge is 0.636 e. The molecule has 0 amide bonds. The second-order valence-corrected chi connectivity index (χ2v) is 7.80. The molecule has 11 heteroatoms. The maximum atomic E-state index is 12.5. The van der Waals surface area contributed by atoms with E-state index in [0.29, 0.717) is 21.5 Å². The van der Waals surface area contributed by atoms with Crippen LogP contribution in [-0.4, -0.2) is 36.8 Å². The minimum Gasteiger partial charge on any atom is -0.636 e. The van der Waals surface area contributed by atoms with Crippen LogP contribution in [0.15, 0.2) is 29.2 Å². The molecule has 0 aliphatic carbocycles. The van der Waals surface area contributed by atoms with E-state index in [9.17, 15) is 18.5 Å². The van der Waals surface area contributed by atoms with E-state index in [1.165, 1.54) is 28.6 Å². The van der Waals surface area contributed by atoms with Gasteiger partial charge in [-0.2, -0.15) is 0 Å². The van der Waals surface area contributed by atoms with Crippen molar-refractivity contribution in [2.45, 2.75) is 10.9 Å². The monoisotopic (exact) mass is 436 g/mol. The fourth-order valence-corrected chi connectivity index (χ4v) is 4.65. The molecule has 0 aromatic heterocycles. The number of para-hydroxylation sites is 1. The molecule has 2 rings (SSSR count). The number of benzene rings is 1. The Bertz CT molecular complexity index is 646. The molecular weight excluding hydrogens is 421 g/mol. The van der Waals surface area contributed by atoms with Gasteiger partial charge in [-0.05, 0) is 6.07 Å². The van der Waals surface area contributed by atoms with Crippen molar-refractivity contribution >= 4 is 33.1 Å². The van der Waals surface area contributed by atoms with Crippen LogP contribution in [0.5, 0.6) is 0 Å². The molecule has 7 nitrogen and oxygen atoms in total. The average Bonchev–Trinajstić information content (AvgIpc) is 2.45. The van der Waals surface area contributed by atoms with Crippen LogP contribution in [0.2, 0.25) is 0 Å². The van der Waals surface area contributed by atoms with Crippen molar-refractivity contribution in [3.8, 4) is 0 Å². The third-order valence-electron chi connectivity index (χ3n) is 3.39. The molecule has 1 aliphatic rings. The maximum Gasteiger partial charge on any atom is 0.289 e. The Hall–Kier alpha value is 0.454. The van der Waals surface area contributed by atoms with Crippen molar-refractivity contribution in [1.82, 2.24) is 4.31 Å². The summed E-state index contributed by atoms with van der Waals surface area (Å²) >= 11 is 0. The van der Waals surface area contributed by atoms with Crippen LogP contribution in [0.3, 0.4) is 0 Å². The van der Waals surface area contributed by atoms with E-state index >= 15 is 0 Å². The van der Waals surface area contributed by atoms with Gasteiger partial charge in [-0.15, -0.1) is 15.5 Å². The van der Waals surface area contributed by atoms with Crippen molar-refractivity contribution in [3.05, 3.63) is 46.4 Å². The molecule has 1 aromatic carbocycles. The molecule has 1 fully saturated rings. The number of sulfonamides is 1. The van der Waals surface area contributed by atoms with Gasteiger partial charge < -0.3 is 12.0 Å². The molecule has 1 aromatic rings. The second kappa shape index (κ2) is 8.52. The topological polar surface area (TPSA) is 94.6 Å². The van der Waals surface area contributed by atoms with Gasteiger partial charge in [0.25, 0.3) is 5.69 Å². The molecule has 22 heavy (non-hydrogen) atoms. The summed E-state index contributed by atoms with van der Waals surface area (Å²) in [6.07, 6.45) is 0. The molecule has 0 spiro atoms. The van der Waals surface area contributed by atoms with Crippen LogP contribution in [0.25, 0.3) is 5.09 Å². The summed E-state index contributed by atoms with van der Waals surface area (Å²) < 4.78 is 26.2. The van der Waals surface area contributed by atoms with E-state index in [2.05, 4.69) is 20.9 Å². The van der Waals surface area contributed by atoms with Crippen molar-refractivity contribution < 1.29 is 46.1 Å². The van der Waals surface area contributed by atoms with Gasteiger partial charge in [-0.25, -0.2) is 21.1 Å². The van der Waals surface area contributed by atoms with Crippen molar-refractivity contribution in [1.29, 1.82) is 0 Å². The summed E-state index contributed by atoms with van der Waals surface area (Å²) in [4.78, 5) is 10.0. The van der Waals surface area contributed by atoms with Gasteiger partial charge in [0, 0.05) is 45.3 Å². The minimum absolute atomic E-state index is 0. The third-order valence-corrected chi connectivity index (χ3v) is 6.25. The quantitative estimate of drug-likeness (QED) is 0.296. The fraction of sp³-hybridized carbons (Fsp3) is 0.364. The third kappa shape index (κ3) is 4.10. The predicted octanol–water partition coefficient (Wildman–Crippen LogP) is 2.17. The number of hydrogen-bond donors (Lipinski definition) is 0. The number of nitro benzene ring substituents is 1. The van der Waals surface area contributed by atoms with Gasteiger partial charge in [-0.1, -0.05) is 24.1 Å². The van der Waals surface area contributed by atoms with E-state index in [0.717, 1.165) is 0 Å². The van der Waals surface area contributed by atoms with Gasteiger partial charge in [-0.3, -0.25) is 10.1 Å². The van der Waals surface area contributed by atoms with Crippen LogP contribution < -0.4 is 0 Å². The second-order valence-electron chi connectivity index (χ2n) is 4.60. The molecule has 119 valence electrons. The molecule has 0 bridgehead atoms. The molecule has 1 heterocycles. The summed E-state index contributed by atoms with van der Waals surface area (Å²) in [7, 11) is -1.02. The van der Waals surface area contributed by atoms with Gasteiger partial charge in [0.1, 0.15) is 0 Å². The molecule has 0 N–H and O–H groups in total. The van der Waals surface area contributed by atoms with E-state index < -0.39 is 26.7 Å². The molecule has 0 saturated carbocycles. The summed E-state index contributed by atoms with van der Waals surface area (Å²) in [5.41, 5.74) is -0.413. The first kappa shape index (κ1) is 20.5. The first-order valence-electron chi connectivity index (χ1n) is 6.10. The van der Waals surface area contributed by atoms with Gasteiger partial charge in [0.05, 0.1) is 4.92 Å². The van der Waals surface area contributed by atoms with Crippen molar-refractivity contribution in [2.75, 3.05) is 13.1 Å². The zero-order valence-corrected chi connectivity index (χ0v) is 17.4. The number of hydrogen-bond acceptors (Lipinski definition) is 4. The first-order chi connectivity index (χ1) is 9.89. The molecular formula is C11H15N3O4P2SY-2. The number of rotatable bonds is 6. The Morgan fingerprint density at radius 3 is 2.68 bits per heavy atom. The number of nitro groups is 1. The Morgan fingerprint density at radius 2 is 2.14 bits per heavy atom. The van der Waals surface area contributed by atoms with Crippen LogP contribution in [0.4, 0.5) is 5.69 Å². The van der Waals surface area contributed by atoms with Crippen LogP contribution in [0.1, 0.15) is 0 Å². The Labute approximate surface area is 159 Å². The maximum absolute atomic E-state index is 12.5. The Morgan fingerprint density at radius 1 is 1.50 bits per heavy atom. The van der Waals surface area contributed by atoms with Gasteiger partial charge >= 0.3 is 0 Å². The normalized spacial score (nSPS) is 22.3. The summed E-state index contributed by atoms with van der Waals surface area (Å²) in [5, 5.41) is 15.2. The van der Waals surface area contributed by atoms with E-state index in [4.69, 9.17) is 0 Å². The molecule has 1 radical (unpaired) electrons. The van der Waals surface area contributed by atoms with E-state index in [-0.39, 0.29) is 43.5 Å². The Balaban J connectivity index is 0.00000242. The predicted molar refractivity (Wildman–Crippen MR) is 85.9 cm³/mol. The SMILES string of the molecule is [CH2-]C1C(C[N-]PP)CN1S(=O)(=O)c1ccccc1[N+](=O)[O-].[Y]. The van der Waals surface area contributed by atoms with Gasteiger partial charge in [0.15, 0.2) is 4.90 Å². The summed E-state index contributed by atoms with van der Waals surface area (Å²) in [6, 6.07) is 4.91. The van der Waals surface area contributed by atoms with Crippen LogP contribution >= 0.6 is 17.3 Å². The van der Waals surface area contributed by atoms with E-state index in [1.807, 2.05) is 0 Å². The summed E-state index contributed by atoms with van der Waals surface area (Å²) in [6.45, 7) is 4.69. The summed E-state index contributed by atoms with van der Waals surface area (Å²) in [5.74, 6) is 0.0654. The van der Waals surface area contributed by atoms with Gasteiger partial charge in [0.2, 0.25) is 10.0 Å². The minimum atomic E-state index is -3.90. The molecule has 1 aliphatic heterocycles. The first-order valence-corrected chi connectivity index (χ1v) is 10.3. The Kier molecular flexibility index (Phi) is 7.94. The zero-order chi connectivity index (χ0) is 15.6. The van der Waals surface area contributed by atoms with Crippen molar-refractivity contribution in [2.24, 2.45) is 5.92 Å². The standard InChI is InChI=1S/C11H15N3O4P2S.Y/c1-8-9(6-12-20-19)7-13(8)21(17,18)11-5-3-2-4-10(11)14(15)16;/h2-5,8-9,20H,1,6-7,19H2;/q-2;.